The highest BCUT2D eigenvalue weighted by Gasteiger charge is 2.19. The van der Waals surface area contributed by atoms with Gasteiger partial charge in [0.05, 0.1) is 0 Å². The van der Waals surface area contributed by atoms with E-state index in [9.17, 15) is 19.8 Å². The van der Waals surface area contributed by atoms with E-state index in [1.54, 1.807) is 36.4 Å². The van der Waals surface area contributed by atoms with E-state index >= 15 is 0 Å². The van der Waals surface area contributed by atoms with Crippen molar-refractivity contribution in [3.63, 3.8) is 0 Å². The summed E-state index contributed by atoms with van der Waals surface area (Å²) < 4.78 is 5.07. The molecule has 0 atom stereocenters. The number of para-hydroxylation sites is 1. The Labute approximate surface area is 178 Å². The number of aromatic hydroxyl groups is 2. The number of phenols is 2. The lowest BCUT2D eigenvalue weighted by molar-refractivity contribution is -0.119. The van der Waals surface area contributed by atoms with Gasteiger partial charge in [0, 0.05) is 22.0 Å². The lowest BCUT2D eigenvalue weighted by Gasteiger charge is -2.12. The Bertz CT molecular complexity index is 1270. The van der Waals surface area contributed by atoms with Gasteiger partial charge in [-0.3, -0.25) is 4.79 Å². The molecule has 1 amide bonds. The van der Waals surface area contributed by atoms with Gasteiger partial charge in [-0.1, -0.05) is 72.8 Å². The van der Waals surface area contributed by atoms with Gasteiger partial charge in [0.15, 0.2) is 6.61 Å². The molecule has 0 aromatic heterocycles. The number of anilines is 1. The predicted octanol–water partition coefficient (Wildman–Crippen LogP) is 4.71. The van der Waals surface area contributed by atoms with E-state index in [-0.39, 0.29) is 17.1 Å². The first-order chi connectivity index (χ1) is 15.0. The molecule has 31 heavy (non-hydrogen) atoms. The van der Waals surface area contributed by atoms with E-state index in [0.29, 0.717) is 16.5 Å². The fourth-order valence-electron chi connectivity index (χ4n) is 3.35. The molecule has 0 unspecified atom stereocenters. The third kappa shape index (κ3) is 4.18. The van der Waals surface area contributed by atoms with Crippen molar-refractivity contribution < 1.29 is 24.5 Å². The summed E-state index contributed by atoms with van der Waals surface area (Å²) >= 11 is 0. The minimum atomic E-state index is -0.912. The van der Waals surface area contributed by atoms with Crippen LogP contribution in [0.1, 0.15) is 10.4 Å². The molecule has 0 aliphatic heterocycles. The van der Waals surface area contributed by atoms with E-state index in [2.05, 4.69) is 5.32 Å². The molecular weight excluding hydrogens is 394 g/mol. The third-order valence-electron chi connectivity index (χ3n) is 4.83. The number of amides is 1. The van der Waals surface area contributed by atoms with Gasteiger partial charge in [-0.25, -0.2) is 4.79 Å². The number of benzene rings is 4. The van der Waals surface area contributed by atoms with Crippen molar-refractivity contribution in [3.8, 4) is 22.6 Å². The SMILES string of the molecule is O=C(COC(=O)c1cc(O)c2ccccc2c1O)Nc1ccccc1-c1ccccc1. The molecule has 0 fully saturated rings. The molecule has 4 aromatic rings. The summed E-state index contributed by atoms with van der Waals surface area (Å²) in [6, 6.07) is 24.6. The topological polar surface area (TPSA) is 95.9 Å². The molecule has 0 aliphatic rings. The Balaban J connectivity index is 1.48. The Hall–Kier alpha value is -4.32. The molecule has 0 saturated heterocycles. The summed E-state index contributed by atoms with van der Waals surface area (Å²) in [4.78, 5) is 24.8. The minimum absolute atomic E-state index is 0.165. The highest BCUT2D eigenvalue weighted by Crippen LogP contribution is 2.35. The van der Waals surface area contributed by atoms with E-state index in [4.69, 9.17) is 4.74 Å². The van der Waals surface area contributed by atoms with Crippen LogP contribution in [0.4, 0.5) is 5.69 Å². The van der Waals surface area contributed by atoms with Crippen molar-refractivity contribution in [2.24, 2.45) is 0 Å². The van der Waals surface area contributed by atoms with Crippen molar-refractivity contribution in [3.05, 3.63) is 90.5 Å². The van der Waals surface area contributed by atoms with E-state index in [1.165, 1.54) is 0 Å². The van der Waals surface area contributed by atoms with Crippen molar-refractivity contribution in [2.75, 3.05) is 11.9 Å². The highest BCUT2D eigenvalue weighted by molar-refractivity contribution is 6.04. The average Bonchev–Trinajstić information content (AvgIpc) is 2.81. The zero-order valence-electron chi connectivity index (χ0n) is 16.4. The van der Waals surface area contributed by atoms with Crippen LogP contribution < -0.4 is 5.32 Å². The molecule has 4 aromatic carbocycles. The normalized spacial score (nSPS) is 10.6. The number of carbonyl (C=O) groups is 2. The molecule has 3 N–H and O–H groups in total. The molecule has 0 heterocycles. The molecule has 0 radical (unpaired) electrons. The maximum absolute atomic E-state index is 12.4. The van der Waals surface area contributed by atoms with Gasteiger partial charge in [-0.05, 0) is 17.7 Å². The summed E-state index contributed by atoms with van der Waals surface area (Å²) in [7, 11) is 0. The van der Waals surface area contributed by atoms with Crippen LogP contribution in [0.5, 0.6) is 11.5 Å². The second-order valence-electron chi connectivity index (χ2n) is 6.87. The molecular formula is C25H19NO5. The quantitative estimate of drug-likeness (QED) is 0.325. The van der Waals surface area contributed by atoms with Crippen LogP contribution in [0.15, 0.2) is 84.9 Å². The summed E-state index contributed by atoms with van der Waals surface area (Å²) in [5.74, 6) is -1.92. The molecule has 0 saturated carbocycles. The number of hydrogen-bond donors (Lipinski definition) is 3. The van der Waals surface area contributed by atoms with E-state index in [0.717, 1.165) is 17.2 Å². The summed E-state index contributed by atoms with van der Waals surface area (Å²) in [6.07, 6.45) is 0. The number of fused-ring (bicyclic) bond motifs is 1. The first kappa shape index (κ1) is 20.0. The maximum Gasteiger partial charge on any atom is 0.342 e. The van der Waals surface area contributed by atoms with Crippen LogP contribution in [0.25, 0.3) is 21.9 Å². The molecule has 0 bridgehead atoms. The summed E-state index contributed by atoms with van der Waals surface area (Å²) in [6.45, 7) is -0.547. The fraction of sp³-hybridized carbons (Fsp3) is 0.0400. The number of hydrogen-bond acceptors (Lipinski definition) is 5. The van der Waals surface area contributed by atoms with Crippen LogP contribution in [0, 0.1) is 0 Å². The standard InChI is InChI=1S/C25H19NO5/c27-22-14-20(24(29)19-12-5-4-11-18(19)22)25(30)31-15-23(28)26-21-13-7-6-10-17(21)16-8-2-1-3-9-16/h1-14,27,29H,15H2,(H,26,28). The van der Waals surface area contributed by atoms with Gasteiger partial charge >= 0.3 is 5.97 Å². The number of carbonyl (C=O) groups excluding carboxylic acids is 2. The first-order valence-electron chi connectivity index (χ1n) is 9.59. The molecule has 154 valence electrons. The molecule has 4 rings (SSSR count). The van der Waals surface area contributed by atoms with Gasteiger partial charge in [0.25, 0.3) is 5.91 Å². The van der Waals surface area contributed by atoms with Gasteiger partial charge in [-0.15, -0.1) is 0 Å². The number of ether oxygens (including phenoxy) is 1. The van der Waals surface area contributed by atoms with E-state index < -0.39 is 18.5 Å². The van der Waals surface area contributed by atoms with Crippen LogP contribution >= 0.6 is 0 Å². The van der Waals surface area contributed by atoms with Crippen LogP contribution in [-0.4, -0.2) is 28.7 Å². The second kappa shape index (κ2) is 8.59. The Morgan fingerprint density at radius 2 is 1.45 bits per heavy atom. The first-order valence-corrected chi connectivity index (χ1v) is 9.59. The number of phenolic OH excluding ortho intramolecular Hbond substituents is 2. The Kier molecular flexibility index (Phi) is 5.53. The minimum Gasteiger partial charge on any atom is -0.507 e. The molecule has 0 aliphatic carbocycles. The van der Waals surface area contributed by atoms with Gasteiger partial charge in [0.2, 0.25) is 0 Å². The van der Waals surface area contributed by atoms with Crippen LogP contribution in [-0.2, 0) is 9.53 Å². The smallest absolute Gasteiger partial charge is 0.342 e. The molecule has 6 heteroatoms. The monoisotopic (exact) mass is 413 g/mol. The summed E-state index contributed by atoms with van der Waals surface area (Å²) in [5, 5.41) is 24.0. The highest BCUT2D eigenvalue weighted by atomic mass is 16.5. The van der Waals surface area contributed by atoms with Crippen molar-refractivity contribution in [1.82, 2.24) is 0 Å². The number of rotatable bonds is 5. The van der Waals surface area contributed by atoms with Crippen LogP contribution in [0.2, 0.25) is 0 Å². The largest absolute Gasteiger partial charge is 0.507 e. The van der Waals surface area contributed by atoms with Gasteiger partial charge in [-0.2, -0.15) is 0 Å². The predicted molar refractivity (Wildman–Crippen MR) is 118 cm³/mol. The maximum atomic E-state index is 12.4. The molecule has 0 spiro atoms. The van der Waals surface area contributed by atoms with Gasteiger partial charge < -0.3 is 20.3 Å². The number of nitrogens with one attached hydrogen (secondary N) is 1. The van der Waals surface area contributed by atoms with Crippen molar-refractivity contribution in [1.29, 1.82) is 0 Å². The van der Waals surface area contributed by atoms with Crippen molar-refractivity contribution >= 4 is 28.3 Å². The second-order valence-corrected chi connectivity index (χ2v) is 6.87. The van der Waals surface area contributed by atoms with Crippen LogP contribution in [0.3, 0.4) is 0 Å². The zero-order chi connectivity index (χ0) is 21.8. The lowest BCUT2D eigenvalue weighted by Crippen LogP contribution is -2.21. The Morgan fingerprint density at radius 1 is 0.806 bits per heavy atom. The summed E-state index contributed by atoms with van der Waals surface area (Å²) in [5.41, 5.74) is 2.14. The van der Waals surface area contributed by atoms with E-state index in [1.807, 2.05) is 42.5 Å². The van der Waals surface area contributed by atoms with Gasteiger partial charge in [0.1, 0.15) is 17.1 Å². The number of esters is 1. The van der Waals surface area contributed by atoms with Crippen molar-refractivity contribution in [2.45, 2.75) is 0 Å². The average molecular weight is 413 g/mol. The Morgan fingerprint density at radius 3 is 2.23 bits per heavy atom. The fourth-order valence-corrected chi connectivity index (χ4v) is 3.35. The third-order valence-corrected chi connectivity index (χ3v) is 4.83. The zero-order valence-corrected chi connectivity index (χ0v) is 16.4. The molecule has 6 nitrogen and oxygen atoms in total. The lowest BCUT2D eigenvalue weighted by atomic mass is 10.0.